The van der Waals surface area contributed by atoms with E-state index in [1.54, 1.807) is 0 Å². The van der Waals surface area contributed by atoms with Gasteiger partial charge in [-0.3, -0.25) is 4.79 Å². The molecule has 1 aromatic carbocycles. The van der Waals surface area contributed by atoms with Crippen LogP contribution in [0.3, 0.4) is 0 Å². The number of rotatable bonds is 2. The zero-order valence-electron chi connectivity index (χ0n) is 10.4. The van der Waals surface area contributed by atoms with Crippen LogP contribution in [-0.4, -0.2) is 30.5 Å². The SMILES string of the molecule is CN(c1cc2c(cc1N)CC(=O)N2)C1CCSC1. The third-order valence-electron chi connectivity index (χ3n) is 3.71. The lowest BCUT2D eigenvalue weighted by Gasteiger charge is -2.27. The van der Waals surface area contributed by atoms with Crippen LogP contribution in [0, 0.1) is 0 Å². The van der Waals surface area contributed by atoms with Gasteiger partial charge in [0.25, 0.3) is 0 Å². The van der Waals surface area contributed by atoms with Gasteiger partial charge < -0.3 is 16.0 Å². The molecule has 2 aliphatic heterocycles. The number of hydrogen-bond donors (Lipinski definition) is 2. The first-order chi connectivity index (χ1) is 8.65. The molecular formula is C13H17N3OS. The molecule has 0 aliphatic carbocycles. The summed E-state index contributed by atoms with van der Waals surface area (Å²) in [6, 6.07) is 4.49. The van der Waals surface area contributed by atoms with Gasteiger partial charge in [-0.1, -0.05) is 0 Å². The number of hydrogen-bond acceptors (Lipinski definition) is 4. The van der Waals surface area contributed by atoms with Crippen LogP contribution in [-0.2, 0) is 11.2 Å². The lowest BCUT2D eigenvalue weighted by Crippen LogP contribution is -2.31. The van der Waals surface area contributed by atoms with Crippen molar-refractivity contribution < 1.29 is 4.79 Å². The molecule has 0 bridgehead atoms. The Labute approximate surface area is 111 Å². The molecule has 5 heteroatoms. The van der Waals surface area contributed by atoms with E-state index < -0.39 is 0 Å². The van der Waals surface area contributed by atoms with E-state index in [0.717, 1.165) is 28.4 Å². The average Bonchev–Trinajstić information content (AvgIpc) is 2.94. The highest BCUT2D eigenvalue weighted by Gasteiger charge is 2.25. The summed E-state index contributed by atoms with van der Waals surface area (Å²) in [7, 11) is 2.09. The number of nitrogens with one attached hydrogen (secondary N) is 1. The molecule has 1 amide bonds. The summed E-state index contributed by atoms with van der Waals surface area (Å²) in [5.74, 6) is 2.43. The van der Waals surface area contributed by atoms with E-state index in [1.165, 1.54) is 12.2 Å². The van der Waals surface area contributed by atoms with Gasteiger partial charge in [0.05, 0.1) is 17.8 Å². The van der Waals surface area contributed by atoms with Crippen molar-refractivity contribution in [2.75, 3.05) is 34.5 Å². The second-order valence-corrected chi connectivity index (χ2v) is 6.07. The molecule has 3 N–H and O–H groups in total. The van der Waals surface area contributed by atoms with Crippen molar-refractivity contribution >= 4 is 34.7 Å². The van der Waals surface area contributed by atoms with Crippen molar-refractivity contribution in [2.24, 2.45) is 0 Å². The Morgan fingerprint density at radius 3 is 3.06 bits per heavy atom. The first kappa shape index (κ1) is 11.7. The molecule has 2 aliphatic rings. The highest BCUT2D eigenvalue weighted by Crippen LogP contribution is 2.35. The zero-order chi connectivity index (χ0) is 12.7. The molecule has 96 valence electrons. The van der Waals surface area contributed by atoms with Gasteiger partial charge >= 0.3 is 0 Å². The van der Waals surface area contributed by atoms with Gasteiger partial charge in [-0.15, -0.1) is 0 Å². The average molecular weight is 263 g/mol. The Kier molecular flexibility index (Phi) is 2.86. The summed E-state index contributed by atoms with van der Waals surface area (Å²) >= 11 is 1.98. The minimum Gasteiger partial charge on any atom is -0.397 e. The Balaban J connectivity index is 1.92. The van der Waals surface area contributed by atoms with Crippen molar-refractivity contribution in [1.82, 2.24) is 0 Å². The van der Waals surface area contributed by atoms with Gasteiger partial charge in [0.15, 0.2) is 0 Å². The quantitative estimate of drug-likeness (QED) is 0.797. The number of carbonyl (C=O) groups excluding carboxylic acids is 1. The molecule has 1 fully saturated rings. The molecule has 4 nitrogen and oxygen atoms in total. The Hall–Kier alpha value is -1.36. The predicted octanol–water partition coefficient (Wildman–Crippen LogP) is 1.71. The maximum absolute atomic E-state index is 11.4. The van der Waals surface area contributed by atoms with E-state index in [1.807, 2.05) is 23.9 Å². The first-order valence-corrected chi connectivity index (χ1v) is 7.33. The molecule has 1 unspecified atom stereocenters. The third-order valence-corrected chi connectivity index (χ3v) is 4.86. The highest BCUT2D eigenvalue weighted by molar-refractivity contribution is 7.99. The zero-order valence-corrected chi connectivity index (χ0v) is 11.2. The molecule has 0 aromatic heterocycles. The standard InChI is InChI=1S/C13H17N3OS/c1-16(9-2-3-18-7-9)12-6-11-8(4-10(12)14)5-13(17)15-11/h4,6,9H,2-3,5,7,14H2,1H3,(H,15,17). The summed E-state index contributed by atoms with van der Waals surface area (Å²) in [5, 5.41) is 2.88. The first-order valence-electron chi connectivity index (χ1n) is 6.18. The van der Waals surface area contributed by atoms with E-state index in [4.69, 9.17) is 5.73 Å². The molecule has 18 heavy (non-hydrogen) atoms. The Morgan fingerprint density at radius 2 is 2.33 bits per heavy atom. The molecule has 0 saturated carbocycles. The van der Waals surface area contributed by atoms with Crippen LogP contribution >= 0.6 is 11.8 Å². The fourth-order valence-electron chi connectivity index (χ4n) is 2.61. The number of nitrogens with zero attached hydrogens (tertiary/aromatic N) is 1. The van der Waals surface area contributed by atoms with Crippen molar-refractivity contribution in [3.63, 3.8) is 0 Å². The number of thioether (sulfide) groups is 1. The molecule has 2 heterocycles. The lowest BCUT2D eigenvalue weighted by molar-refractivity contribution is -0.115. The molecule has 1 atom stereocenters. The van der Waals surface area contributed by atoms with E-state index in [9.17, 15) is 4.79 Å². The Morgan fingerprint density at radius 1 is 1.50 bits per heavy atom. The lowest BCUT2D eigenvalue weighted by atomic mass is 10.1. The number of fused-ring (bicyclic) bond motifs is 1. The van der Waals surface area contributed by atoms with Crippen LogP contribution in [0.25, 0.3) is 0 Å². The molecule has 1 saturated heterocycles. The van der Waals surface area contributed by atoms with Crippen LogP contribution < -0.4 is 16.0 Å². The van der Waals surface area contributed by atoms with Gasteiger partial charge in [0.1, 0.15) is 0 Å². The van der Waals surface area contributed by atoms with Crippen LogP contribution in [0.15, 0.2) is 12.1 Å². The fourth-order valence-corrected chi connectivity index (χ4v) is 3.88. The smallest absolute Gasteiger partial charge is 0.228 e. The van der Waals surface area contributed by atoms with E-state index in [-0.39, 0.29) is 5.91 Å². The van der Waals surface area contributed by atoms with Crippen molar-refractivity contribution in [3.05, 3.63) is 17.7 Å². The number of anilines is 3. The van der Waals surface area contributed by atoms with Crippen LogP contribution in [0.5, 0.6) is 0 Å². The fraction of sp³-hybridized carbons (Fsp3) is 0.462. The normalized spacial score (nSPS) is 21.8. The largest absolute Gasteiger partial charge is 0.397 e. The maximum Gasteiger partial charge on any atom is 0.228 e. The summed E-state index contributed by atoms with van der Waals surface area (Å²) in [6.07, 6.45) is 1.65. The molecule has 1 aromatic rings. The minimum absolute atomic E-state index is 0.0561. The molecule has 0 spiro atoms. The maximum atomic E-state index is 11.4. The molecule has 3 rings (SSSR count). The topological polar surface area (TPSA) is 58.4 Å². The second-order valence-electron chi connectivity index (χ2n) is 4.92. The molecular weight excluding hydrogens is 246 g/mol. The van der Waals surface area contributed by atoms with E-state index in [2.05, 4.69) is 17.3 Å². The number of benzene rings is 1. The summed E-state index contributed by atoms with van der Waals surface area (Å²) in [4.78, 5) is 13.6. The van der Waals surface area contributed by atoms with Crippen molar-refractivity contribution in [2.45, 2.75) is 18.9 Å². The number of carbonyl (C=O) groups is 1. The van der Waals surface area contributed by atoms with Gasteiger partial charge in [0.2, 0.25) is 5.91 Å². The van der Waals surface area contributed by atoms with Crippen LogP contribution in [0.1, 0.15) is 12.0 Å². The highest BCUT2D eigenvalue weighted by atomic mass is 32.2. The van der Waals surface area contributed by atoms with Gasteiger partial charge in [-0.05, 0) is 29.9 Å². The summed E-state index contributed by atoms with van der Waals surface area (Å²) in [6.45, 7) is 0. The number of nitrogen functional groups attached to an aromatic ring is 1. The number of amides is 1. The summed E-state index contributed by atoms with van der Waals surface area (Å²) < 4.78 is 0. The molecule has 0 radical (unpaired) electrons. The Bertz CT molecular complexity index is 497. The van der Waals surface area contributed by atoms with E-state index >= 15 is 0 Å². The summed E-state index contributed by atoms with van der Waals surface area (Å²) in [5.41, 5.74) is 9.85. The second kappa shape index (κ2) is 4.39. The van der Waals surface area contributed by atoms with Crippen LogP contribution in [0.2, 0.25) is 0 Å². The number of nitrogens with two attached hydrogens (primary N) is 1. The monoisotopic (exact) mass is 263 g/mol. The van der Waals surface area contributed by atoms with E-state index in [0.29, 0.717) is 12.5 Å². The third kappa shape index (κ3) is 1.92. The van der Waals surface area contributed by atoms with Crippen molar-refractivity contribution in [3.8, 4) is 0 Å². The minimum atomic E-state index is 0.0561. The van der Waals surface area contributed by atoms with Crippen molar-refractivity contribution in [1.29, 1.82) is 0 Å². The van der Waals surface area contributed by atoms with Gasteiger partial charge in [-0.25, -0.2) is 0 Å². The predicted molar refractivity (Wildman–Crippen MR) is 77.3 cm³/mol. The van der Waals surface area contributed by atoms with Gasteiger partial charge in [-0.2, -0.15) is 11.8 Å². The van der Waals surface area contributed by atoms with Crippen LogP contribution in [0.4, 0.5) is 17.1 Å². The van der Waals surface area contributed by atoms with Gasteiger partial charge in [0, 0.05) is 24.5 Å².